The van der Waals surface area contributed by atoms with Gasteiger partial charge in [0.25, 0.3) is 0 Å². The minimum Gasteiger partial charge on any atom is -0.497 e. The van der Waals surface area contributed by atoms with Gasteiger partial charge < -0.3 is 14.4 Å². The Morgan fingerprint density at radius 1 is 0.944 bits per heavy atom. The molecule has 4 aliphatic rings. The SMILES string of the molecule is COc1cccc(N2CC(C(=O)Oc3ccc(N4C(=O)C5C6CCC(C6)C5C4=O)c(C)c3)CC2=O)c1. The summed E-state index contributed by atoms with van der Waals surface area (Å²) < 4.78 is 10.8. The molecule has 0 aromatic heterocycles. The van der Waals surface area contributed by atoms with E-state index < -0.39 is 11.9 Å². The molecule has 2 aromatic carbocycles. The molecule has 2 heterocycles. The Morgan fingerprint density at radius 2 is 1.67 bits per heavy atom. The number of carbonyl (C=O) groups is 4. The Kier molecular flexibility index (Phi) is 5.35. The van der Waals surface area contributed by atoms with Crippen LogP contribution in [0.2, 0.25) is 0 Å². The van der Waals surface area contributed by atoms with E-state index in [1.165, 1.54) is 4.90 Å². The second kappa shape index (κ2) is 8.47. The lowest BCUT2D eigenvalue weighted by Crippen LogP contribution is -2.33. The van der Waals surface area contributed by atoms with Crippen molar-refractivity contribution in [2.75, 3.05) is 23.5 Å². The van der Waals surface area contributed by atoms with E-state index in [1.807, 2.05) is 0 Å². The van der Waals surface area contributed by atoms with E-state index in [-0.39, 0.29) is 42.5 Å². The zero-order chi connectivity index (χ0) is 25.1. The van der Waals surface area contributed by atoms with Crippen molar-refractivity contribution in [1.29, 1.82) is 0 Å². The van der Waals surface area contributed by atoms with Gasteiger partial charge >= 0.3 is 5.97 Å². The second-order valence-corrected chi connectivity index (χ2v) is 10.4. The Hall–Kier alpha value is -3.68. The van der Waals surface area contributed by atoms with E-state index in [0.29, 0.717) is 40.3 Å². The maximum Gasteiger partial charge on any atom is 0.316 e. The van der Waals surface area contributed by atoms with E-state index in [4.69, 9.17) is 9.47 Å². The van der Waals surface area contributed by atoms with Crippen molar-refractivity contribution in [3.8, 4) is 11.5 Å². The predicted molar refractivity (Wildman–Crippen MR) is 131 cm³/mol. The van der Waals surface area contributed by atoms with Gasteiger partial charge in [0, 0.05) is 24.7 Å². The number of imide groups is 1. The molecule has 2 aliphatic heterocycles. The summed E-state index contributed by atoms with van der Waals surface area (Å²) in [5, 5.41) is 0. The van der Waals surface area contributed by atoms with Crippen molar-refractivity contribution in [2.45, 2.75) is 32.6 Å². The molecular formula is C28H28N2O6. The van der Waals surface area contributed by atoms with E-state index in [2.05, 4.69) is 0 Å². The second-order valence-electron chi connectivity index (χ2n) is 10.4. The molecule has 2 saturated heterocycles. The molecule has 186 valence electrons. The Bertz CT molecular complexity index is 1260. The molecule has 36 heavy (non-hydrogen) atoms. The van der Waals surface area contributed by atoms with E-state index >= 15 is 0 Å². The van der Waals surface area contributed by atoms with Crippen LogP contribution in [0.1, 0.15) is 31.2 Å². The van der Waals surface area contributed by atoms with Crippen molar-refractivity contribution >= 4 is 35.1 Å². The molecular weight excluding hydrogens is 460 g/mol. The van der Waals surface area contributed by atoms with Crippen molar-refractivity contribution in [3.05, 3.63) is 48.0 Å². The quantitative estimate of drug-likeness (QED) is 0.363. The van der Waals surface area contributed by atoms with Gasteiger partial charge in [0.2, 0.25) is 17.7 Å². The fraction of sp³-hybridized carbons (Fsp3) is 0.429. The maximum absolute atomic E-state index is 13.2. The number of methoxy groups -OCH3 is 1. The average molecular weight is 489 g/mol. The molecule has 4 fully saturated rings. The first kappa shape index (κ1) is 22.8. The number of amides is 3. The van der Waals surface area contributed by atoms with Crippen LogP contribution < -0.4 is 19.3 Å². The van der Waals surface area contributed by atoms with Crippen molar-refractivity contribution < 1.29 is 28.7 Å². The van der Waals surface area contributed by atoms with Crippen LogP contribution in [0.15, 0.2) is 42.5 Å². The van der Waals surface area contributed by atoms with Crippen molar-refractivity contribution in [3.63, 3.8) is 0 Å². The number of esters is 1. The molecule has 2 saturated carbocycles. The Morgan fingerprint density at radius 3 is 2.33 bits per heavy atom. The first-order chi connectivity index (χ1) is 17.4. The highest BCUT2D eigenvalue weighted by Crippen LogP contribution is 2.56. The third-order valence-corrected chi connectivity index (χ3v) is 8.38. The number of anilines is 2. The largest absolute Gasteiger partial charge is 0.497 e. The lowest BCUT2D eigenvalue weighted by atomic mass is 9.81. The lowest BCUT2D eigenvalue weighted by Gasteiger charge is -2.20. The van der Waals surface area contributed by atoms with Gasteiger partial charge in [-0.25, -0.2) is 4.90 Å². The number of hydrogen-bond acceptors (Lipinski definition) is 6. The summed E-state index contributed by atoms with van der Waals surface area (Å²) >= 11 is 0. The minimum atomic E-state index is -0.597. The Labute approximate surface area is 209 Å². The number of carbonyl (C=O) groups excluding carboxylic acids is 4. The van der Waals surface area contributed by atoms with Crippen LogP contribution in [0.5, 0.6) is 11.5 Å². The van der Waals surface area contributed by atoms with Gasteiger partial charge in [0.15, 0.2) is 0 Å². The molecule has 5 unspecified atom stereocenters. The molecule has 0 spiro atoms. The van der Waals surface area contributed by atoms with E-state index in [1.54, 1.807) is 61.4 Å². The molecule has 2 bridgehead atoms. The number of ether oxygens (including phenoxy) is 2. The van der Waals surface area contributed by atoms with Gasteiger partial charge in [-0.2, -0.15) is 0 Å². The molecule has 2 aromatic rings. The minimum absolute atomic E-state index is 0.0645. The lowest BCUT2D eigenvalue weighted by molar-refractivity contribution is -0.139. The van der Waals surface area contributed by atoms with Crippen molar-refractivity contribution in [2.24, 2.45) is 29.6 Å². The van der Waals surface area contributed by atoms with Crippen LogP contribution in [-0.2, 0) is 19.2 Å². The van der Waals surface area contributed by atoms with Gasteiger partial charge in [-0.1, -0.05) is 6.07 Å². The normalized spacial score (nSPS) is 28.7. The van der Waals surface area contributed by atoms with E-state index in [0.717, 1.165) is 19.3 Å². The number of nitrogens with zero attached hydrogens (tertiary/aromatic N) is 2. The molecule has 2 aliphatic carbocycles. The van der Waals surface area contributed by atoms with Gasteiger partial charge in [-0.3, -0.25) is 19.2 Å². The number of benzene rings is 2. The summed E-state index contributed by atoms with van der Waals surface area (Å²) in [4.78, 5) is 54.7. The zero-order valence-corrected chi connectivity index (χ0v) is 20.3. The first-order valence-electron chi connectivity index (χ1n) is 12.5. The van der Waals surface area contributed by atoms with Crippen LogP contribution in [0.25, 0.3) is 0 Å². The van der Waals surface area contributed by atoms with Gasteiger partial charge in [0.05, 0.1) is 30.6 Å². The van der Waals surface area contributed by atoms with Crippen LogP contribution in [0.3, 0.4) is 0 Å². The van der Waals surface area contributed by atoms with Crippen LogP contribution in [0.4, 0.5) is 11.4 Å². The Balaban J connectivity index is 1.15. The highest BCUT2D eigenvalue weighted by molar-refractivity contribution is 6.23. The third kappa shape index (κ3) is 3.50. The number of aryl methyl sites for hydroxylation is 1. The summed E-state index contributed by atoms with van der Waals surface area (Å²) in [6.07, 6.45) is 3.12. The van der Waals surface area contributed by atoms with Gasteiger partial charge in [-0.15, -0.1) is 0 Å². The smallest absolute Gasteiger partial charge is 0.316 e. The molecule has 8 heteroatoms. The standard InChI is InChI=1S/C28H28N2O6/c1-15-10-21(8-9-22(15)30-26(32)24-16-6-7-17(11-16)25(24)27(30)33)36-28(34)18-12-23(31)29(14-18)19-4-3-5-20(13-19)35-2/h3-5,8-10,13,16-18,24-25H,6-7,11-12,14H2,1-2H3. The van der Waals surface area contributed by atoms with Crippen LogP contribution in [0, 0.1) is 36.5 Å². The summed E-state index contributed by atoms with van der Waals surface area (Å²) in [5.41, 5.74) is 1.92. The highest BCUT2D eigenvalue weighted by atomic mass is 16.5. The van der Waals surface area contributed by atoms with Crippen LogP contribution >= 0.6 is 0 Å². The molecule has 3 amide bonds. The summed E-state index contributed by atoms with van der Waals surface area (Å²) in [6, 6.07) is 12.1. The monoisotopic (exact) mass is 488 g/mol. The van der Waals surface area contributed by atoms with Crippen LogP contribution in [-0.4, -0.2) is 37.3 Å². The summed E-state index contributed by atoms with van der Waals surface area (Å²) in [6.45, 7) is 2.03. The predicted octanol–water partition coefficient (Wildman–Crippen LogP) is 3.50. The topological polar surface area (TPSA) is 93.2 Å². The number of rotatable bonds is 5. The van der Waals surface area contributed by atoms with Gasteiger partial charge in [-0.05, 0) is 73.9 Å². The fourth-order valence-corrected chi connectivity index (χ4v) is 6.68. The average Bonchev–Trinajstić information content (AvgIpc) is 3.63. The molecule has 0 N–H and O–H groups in total. The molecule has 0 radical (unpaired) electrons. The number of hydrogen-bond donors (Lipinski definition) is 0. The fourth-order valence-electron chi connectivity index (χ4n) is 6.68. The molecule has 8 nitrogen and oxygen atoms in total. The molecule has 6 rings (SSSR count). The maximum atomic E-state index is 13.2. The van der Waals surface area contributed by atoms with Crippen molar-refractivity contribution in [1.82, 2.24) is 0 Å². The highest BCUT2D eigenvalue weighted by Gasteiger charge is 2.61. The number of fused-ring (bicyclic) bond motifs is 5. The first-order valence-corrected chi connectivity index (χ1v) is 12.5. The third-order valence-electron chi connectivity index (χ3n) is 8.38. The van der Waals surface area contributed by atoms with Gasteiger partial charge in [0.1, 0.15) is 11.5 Å². The summed E-state index contributed by atoms with van der Waals surface area (Å²) in [5.74, 6) is -0.162. The molecule has 5 atom stereocenters. The van der Waals surface area contributed by atoms with E-state index in [9.17, 15) is 19.2 Å². The summed E-state index contributed by atoms with van der Waals surface area (Å²) in [7, 11) is 1.56. The zero-order valence-electron chi connectivity index (χ0n) is 20.3.